The van der Waals surface area contributed by atoms with E-state index < -0.39 is 0 Å². The van der Waals surface area contributed by atoms with E-state index in [1.165, 1.54) is 17.0 Å². The van der Waals surface area contributed by atoms with Gasteiger partial charge in [0, 0.05) is 22.9 Å². The van der Waals surface area contributed by atoms with Crippen molar-refractivity contribution < 1.29 is 4.74 Å². The zero-order chi connectivity index (χ0) is 15.2. The summed E-state index contributed by atoms with van der Waals surface area (Å²) in [5.74, 6) is 6.49. The first-order valence-electron chi connectivity index (χ1n) is 6.53. The molecular formula is C16H17N3O2. The van der Waals surface area contributed by atoms with Gasteiger partial charge in [-0.15, -0.1) is 0 Å². The van der Waals surface area contributed by atoms with Crippen LogP contribution in [-0.4, -0.2) is 23.2 Å². The highest BCUT2D eigenvalue weighted by Gasteiger charge is 2.06. The van der Waals surface area contributed by atoms with E-state index in [0.29, 0.717) is 24.5 Å². The fraction of sp³-hybridized carbons (Fsp3) is 0.250. The van der Waals surface area contributed by atoms with Gasteiger partial charge < -0.3 is 10.5 Å². The van der Waals surface area contributed by atoms with Crippen LogP contribution in [0.4, 0.5) is 0 Å². The lowest BCUT2D eigenvalue weighted by molar-refractivity contribution is 0.408. The zero-order valence-electron chi connectivity index (χ0n) is 12.1. The number of aromatic nitrogens is 2. The molecule has 5 nitrogen and oxygen atoms in total. The monoisotopic (exact) mass is 283 g/mol. The lowest BCUT2D eigenvalue weighted by Crippen LogP contribution is -2.20. The number of rotatable bonds is 3. The molecule has 0 saturated heterocycles. The number of ether oxygens (including phenoxy) is 1. The highest BCUT2D eigenvalue weighted by atomic mass is 16.5. The maximum absolute atomic E-state index is 11.9. The van der Waals surface area contributed by atoms with Gasteiger partial charge in [-0.3, -0.25) is 9.36 Å². The van der Waals surface area contributed by atoms with Gasteiger partial charge in [0.15, 0.2) is 0 Å². The number of aryl methyl sites for hydroxylation is 1. The van der Waals surface area contributed by atoms with Crippen LogP contribution < -0.4 is 16.0 Å². The van der Waals surface area contributed by atoms with Gasteiger partial charge in [-0.2, -0.15) is 0 Å². The predicted molar refractivity (Wildman–Crippen MR) is 81.3 cm³/mol. The average Bonchev–Trinajstić information content (AvgIpc) is 2.48. The Kier molecular flexibility index (Phi) is 4.75. The Bertz CT molecular complexity index is 754. The summed E-state index contributed by atoms with van der Waals surface area (Å²) in [7, 11) is 1.60. The van der Waals surface area contributed by atoms with Crippen LogP contribution in [0.25, 0.3) is 0 Å². The van der Waals surface area contributed by atoms with Crippen molar-refractivity contribution in [2.45, 2.75) is 13.5 Å². The molecule has 0 aliphatic rings. The minimum Gasteiger partial charge on any atom is -0.496 e. The van der Waals surface area contributed by atoms with E-state index in [0.717, 1.165) is 11.1 Å². The molecule has 0 aliphatic heterocycles. The zero-order valence-corrected chi connectivity index (χ0v) is 12.1. The van der Waals surface area contributed by atoms with Crippen LogP contribution in [0.3, 0.4) is 0 Å². The van der Waals surface area contributed by atoms with Crippen molar-refractivity contribution >= 4 is 0 Å². The molecule has 0 radical (unpaired) electrons. The molecule has 1 heterocycles. The van der Waals surface area contributed by atoms with Gasteiger partial charge in [-0.25, -0.2) is 4.98 Å². The third-order valence-corrected chi connectivity index (χ3v) is 2.97. The molecule has 2 N–H and O–H groups in total. The van der Waals surface area contributed by atoms with E-state index in [4.69, 9.17) is 10.5 Å². The molecule has 0 amide bonds. The van der Waals surface area contributed by atoms with Gasteiger partial charge >= 0.3 is 0 Å². The minimum atomic E-state index is -0.0944. The largest absolute Gasteiger partial charge is 0.496 e. The van der Waals surface area contributed by atoms with Crippen LogP contribution in [0.15, 0.2) is 35.4 Å². The van der Waals surface area contributed by atoms with Gasteiger partial charge in [0.05, 0.1) is 26.5 Å². The van der Waals surface area contributed by atoms with E-state index in [2.05, 4.69) is 16.8 Å². The number of hydrogen-bond donors (Lipinski definition) is 1. The van der Waals surface area contributed by atoms with Gasteiger partial charge in [0.1, 0.15) is 5.75 Å². The quantitative estimate of drug-likeness (QED) is 0.850. The molecule has 21 heavy (non-hydrogen) atoms. The summed E-state index contributed by atoms with van der Waals surface area (Å²) in [5, 5.41) is 0. The lowest BCUT2D eigenvalue weighted by Gasteiger charge is -2.10. The Morgan fingerprint density at radius 2 is 2.19 bits per heavy atom. The van der Waals surface area contributed by atoms with E-state index in [-0.39, 0.29) is 5.56 Å². The first-order chi connectivity index (χ1) is 10.1. The van der Waals surface area contributed by atoms with E-state index in [9.17, 15) is 4.79 Å². The Morgan fingerprint density at radius 1 is 1.38 bits per heavy atom. The molecule has 2 rings (SSSR count). The molecule has 0 unspecified atom stereocenters. The van der Waals surface area contributed by atoms with Crippen molar-refractivity contribution in [1.29, 1.82) is 0 Å². The Hall–Kier alpha value is -2.58. The second-order valence-corrected chi connectivity index (χ2v) is 4.53. The smallest absolute Gasteiger partial charge is 0.253 e. The standard InChI is InChI=1S/C16H17N3O2/c1-12-8-16(20)19(11-18-12)10-14-9-13(4-3-7-17)5-6-15(14)21-2/h5-6,8-9,11H,7,10,17H2,1-2H3. The summed E-state index contributed by atoms with van der Waals surface area (Å²) in [4.78, 5) is 16.1. The van der Waals surface area contributed by atoms with Crippen LogP contribution >= 0.6 is 0 Å². The van der Waals surface area contributed by atoms with Crippen molar-refractivity contribution in [3.05, 3.63) is 57.8 Å². The van der Waals surface area contributed by atoms with E-state index in [1.54, 1.807) is 14.0 Å². The number of nitrogens with two attached hydrogens (primary N) is 1. The molecule has 0 atom stereocenters. The Labute approximate surface area is 123 Å². The highest BCUT2D eigenvalue weighted by molar-refractivity contribution is 5.44. The summed E-state index contributed by atoms with van der Waals surface area (Å²) < 4.78 is 6.86. The summed E-state index contributed by atoms with van der Waals surface area (Å²) >= 11 is 0. The second kappa shape index (κ2) is 6.73. The average molecular weight is 283 g/mol. The van der Waals surface area contributed by atoms with Gasteiger partial charge in [0.2, 0.25) is 0 Å². The SMILES string of the molecule is COc1ccc(C#CCN)cc1Cn1cnc(C)cc1=O. The van der Waals surface area contributed by atoms with Crippen molar-refractivity contribution in [3.8, 4) is 17.6 Å². The van der Waals surface area contributed by atoms with Gasteiger partial charge in [-0.1, -0.05) is 11.8 Å². The number of hydrogen-bond acceptors (Lipinski definition) is 4. The maximum Gasteiger partial charge on any atom is 0.253 e. The molecular weight excluding hydrogens is 266 g/mol. The maximum atomic E-state index is 11.9. The normalized spacial score (nSPS) is 9.86. The summed E-state index contributed by atoms with van der Waals surface area (Å²) in [6.45, 7) is 2.48. The van der Waals surface area contributed by atoms with Crippen molar-refractivity contribution in [2.75, 3.05) is 13.7 Å². The second-order valence-electron chi connectivity index (χ2n) is 4.53. The molecule has 0 fully saturated rings. The highest BCUT2D eigenvalue weighted by Crippen LogP contribution is 2.20. The summed E-state index contributed by atoms with van der Waals surface area (Å²) in [6.07, 6.45) is 1.54. The van der Waals surface area contributed by atoms with E-state index >= 15 is 0 Å². The molecule has 108 valence electrons. The third kappa shape index (κ3) is 3.71. The summed E-state index contributed by atoms with van der Waals surface area (Å²) in [5.41, 5.74) is 7.69. The van der Waals surface area contributed by atoms with Crippen LogP contribution in [0, 0.1) is 18.8 Å². The first kappa shape index (κ1) is 14.8. The molecule has 0 spiro atoms. The fourth-order valence-electron chi connectivity index (χ4n) is 1.95. The van der Waals surface area contributed by atoms with Crippen LogP contribution in [0.5, 0.6) is 5.75 Å². The van der Waals surface area contributed by atoms with E-state index in [1.807, 2.05) is 18.2 Å². The van der Waals surface area contributed by atoms with Gasteiger partial charge in [-0.05, 0) is 25.1 Å². The number of methoxy groups -OCH3 is 1. The molecule has 1 aromatic carbocycles. The van der Waals surface area contributed by atoms with Crippen molar-refractivity contribution in [2.24, 2.45) is 5.73 Å². The minimum absolute atomic E-state index is 0.0944. The first-order valence-corrected chi connectivity index (χ1v) is 6.53. The summed E-state index contributed by atoms with van der Waals surface area (Å²) in [6, 6.07) is 7.10. The molecule has 0 saturated carbocycles. The predicted octanol–water partition coefficient (Wildman–Crippen LogP) is 0.919. The lowest BCUT2D eigenvalue weighted by atomic mass is 10.1. The number of benzene rings is 1. The van der Waals surface area contributed by atoms with Crippen molar-refractivity contribution in [1.82, 2.24) is 9.55 Å². The number of nitrogens with zero attached hydrogens (tertiary/aromatic N) is 2. The van der Waals surface area contributed by atoms with Crippen LogP contribution in [-0.2, 0) is 6.54 Å². The molecule has 1 aromatic heterocycles. The molecule has 0 bridgehead atoms. The topological polar surface area (TPSA) is 70.1 Å². The molecule has 2 aromatic rings. The van der Waals surface area contributed by atoms with Crippen LogP contribution in [0.1, 0.15) is 16.8 Å². The van der Waals surface area contributed by atoms with Crippen molar-refractivity contribution in [3.63, 3.8) is 0 Å². The van der Waals surface area contributed by atoms with Crippen LogP contribution in [0.2, 0.25) is 0 Å². The molecule has 5 heteroatoms. The molecule has 0 aliphatic carbocycles. The Balaban J connectivity index is 2.39. The fourth-order valence-corrected chi connectivity index (χ4v) is 1.95. The third-order valence-electron chi connectivity index (χ3n) is 2.97. The Morgan fingerprint density at radius 3 is 2.86 bits per heavy atom. The van der Waals surface area contributed by atoms with Gasteiger partial charge in [0.25, 0.3) is 5.56 Å².